The van der Waals surface area contributed by atoms with E-state index in [2.05, 4.69) is 0 Å². The van der Waals surface area contributed by atoms with E-state index in [0.717, 1.165) is 0 Å². The van der Waals surface area contributed by atoms with Crippen LogP contribution in [0.25, 0.3) is 0 Å². The summed E-state index contributed by atoms with van der Waals surface area (Å²) in [5.41, 5.74) is 0. The van der Waals surface area contributed by atoms with Crippen molar-refractivity contribution in [3.05, 3.63) is 0 Å². The van der Waals surface area contributed by atoms with E-state index in [1.807, 2.05) is 0 Å². The number of Topliss-reactive ketones (excluding diaryl/α,β-unsaturated/α-hetero) is 2. The van der Waals surface area contributed by atoms with Gasteiger partial charge in [-0.1, -0.05) is 0 Å². The second-order valence-corrected chi connectivity index (χ2v) is 2.73. The van der Waals surface area contributed by atoms with Crippen molar-refractivity contribution in [2.75, 3.05) is 0 Å². The van der Waals surface area contributed by atoms with Gasteiger partial charge < -0.3 is 10.2 Å². The SMILES string of the molecule is O=C(O)C1CC(=O)C(C(=O)O)C1=O. The fourth-order valence-corrected chi connectivity index (χ4v) is 1.25. The van der Waals surface area contributed by atoms with Gasteiger partial charge in [0.1, 0.15) is 5.92 Å². The molecule has 0 aromatic carbocycles. The highest BCUT2D eigenvalue weighted by atomic mass is 16.4. The van der Waals surface area contributed by atoms with Crippen molar-refractivity contribution < 1.29 is 29.4 Å². The van der Waals surface area contributed by atoms with Crippen molar-refractivity contribution in [3.63, 3.8) is 0 Å². The predicted octanol–water partition coefficient (Wildman–Crippen LogP) is -1.07. The van der Waals surface area contributed by atoms with Gasteiger partial charge in [-0.3, -0.25) is 19.2 Å². The van der Waals surface area contributed by atoms with Crippen LogP contribution in [0.4, 0.5) is 0 Å². The van der Waals surface area contributed by atoms with Crippen LogP contribution in [0.5, 0.6) is 0 Å². The molecule has 0 saturated heterocycles. The topological polar surface area (TPSA) is 109 Å². The summed E-state index contributed by atoms with van der Waals surface area (Å²) in [5, 5.41) is 16.9. The van der Waals surface area contributed by atoms with Crippen molar-refractivity contribution in [2.24, 2.45) is 11.8 Å². The average molecular weight is 186 g/mol. The summed E-state index contributed by atoms with van der Waals surface area (Å²) < 4.78 is 0. The van der Waals surface area contributed by atoms with Gasteiger partial charge in [-0.15, -0.1) is 0 Å². The van der Waals surface area contributed by atoms with Gasteiger partial charge >= 0.3 is 11.9 Å². The van der Waals surface area contributed by atoms with Gasteiger partial charge in [-0.2, -0.15) is 0 Å². The van der Waals surface area contributed by atoms with Crippen molar-refractivity contribution in [1.29, 1.82) is 0 Å². The third kappa shape index (κ3) is 1.42. The van der Waals surface area contributed by atoms with E-state index in [4.69, 9.17) is 10.2 Å². The highest BCUT2D eigenvalue weighted by Crippen LogP contribution is 2.24. The Kier molecular flexibility index (Phi) is 2.14. The molecule has 1 aliphatic carbocycles. The number of carboxylic acid groups (broad SMARTS) is 2. The van der Waals surface area contributed by atoms with Crippen LogP contribution in [-0.2, 0) is 19.2 Å². The minimum atomic E-state index is -1.78. The Morgan fingerprint density at radius 1 is 1.15 bits per heavy atom. The van der Waals surface area contributed by atoms with Crippen molar-refractivity contribution in [1.82, 2.24) is 0 Å². The zero-order valence-corrected chi connectivity index (χ0v) is 6.39. The van der Waals surface area contributed by atoms with Gasteiger partial charge in [0, 0.05) is 6.42 Å². The molecule has 2 unspecified atom stereocenters. The Balaban J connectivity index is 2.94. The lowest BCUT2D eigenvalue weighted by atomic mass is 10.0. The third-order valence-corrected chi connectivity index (χ3v) is 1.90. The summed E-state index contributed by atoms with van der Waals surface area (Å²) >= 11 is 0. The van der Waals surface area contributed by atoms with Crippen LogP contribution in [0, 0.1) is 11.8 Å². The third-order valence-electron chi connectivity index (χ3n) is 1.90. The molecule has 0 aliphatic heterocycles. The molecule has 0 spiro atoms. The number of ketones is 2. The average Bonchev–Trinajstić information content (AvgIpc) is 2.26. The normalized spacial score (nSPS) is 27.7. The minimum Gasteiger partial charge on any atom is -0.481 e. The fraction of sp³-hybridized carbons (Fsp3) is 0.429. The number of carboxylic acids is 2. The van der Waals surface area contributed by atoms with Gasteiger partial charge in [-0.25, -0.2) is 0 Å². The maximum atomic E-state index is 11.0. The lowest BCUT2D eigenvalue weighted by Crippen LogP contribution is -2.28. The Bertz CT molecular complexity index is 304. The van der Waals surface area contributed by atoms with Gasteiger partial charge in [0.15, 0.2) is 17.5 Å². The van der Waals surface area contributed by atoms with E-state index in [0.29, 0.717) is 0 Å². The van der Waals surface area contributed by atoms with Gasteiger partial charge in [0.25, 0.3) is 0 Å². The molecule has 2 atom stereocenters. The van der Waals surface area contributed by atoms with Gasteiger partial charge in [0.2, 0.25) is 0 Å². The molecule has 0 amide bonds. The molecule has 0 radical (unpaired) electrons. The summed E-state index contributed by atoms with van der Waals surface area (Å²) in [5.74, 6) is -8.12. The summed E-state index contributed by atoms with van der Waals surface area (Å²) in [6.45, 7) is 0. The van der Waals surface area contributed by atoms with Crippen LogP contribution in [0.15, 0.2) is 0 Å². The zero-order chi connectivity index (χ0) is 10.2. The number of rotatable bonds is 2. The molecule has 1 rings (SSSR count). The van der Waals surface area contributed by atoms with Gasteiger partial charge in [0.05, 0.1) is 0 Å². The molecule has 6 nitrogen and oxygen atoms in total. The van der Waals surface area contributed by atoms with E-state index in [1.165, 1.54) is 0 Å². The van der Waals surface area contributed by atoms with Gasteiger partial charge in [-0.05, 0) is 0 Å². The van der Waals surface area contributed by atoms with Crippen molar-refractivity contribution in [3.8, 4) is 0 Å². The highest BCUT2D eigenvalue weighted by molar-refractivity contribution is 6.26. The first kappa shape index (κ1) is 9.37. The Hall–Kier alpha value is -1.72. The first-order chi connectivity index (χ1) is 5.95. The van der Waals surface area contributed by atoms with E-state index in [-0.39, 0.29) is 0 Å². The number of carbonyl (C=O) groups excluding carboxylic acids is 2. The Morgan fingerprint density at radius 3 is 1.92 bits per heavy atom. The minimum absolute atomic E-state index is 0.509. The molecule has 0 heterocycles. The standard InChI is InChI=1S/C7H6O6/c8-3-1-2(6(10)11)5(9)4(3)7(12)13/h2,4H,1H2,(H,10,11)(H,12,13). The molecule has 1 aliphatic rings. The lowest BCUT2D eigenvalue weighted by molar-refractivity contribution is -0.149. The lowest BCUT2D eigenvalue weighted by Gasteiger charge is -1.99. The molecule has 0 aromatic rings. The number of hydrogen-bond acceptors (Lipinski definition) is 4. The predicted molar refractivity (Wildman–Crippen MR) is 36.9 cm³/mol. The molecule has 1 fully saturated rings. The molecule has 1 saturated carbocycles. The van der Waals surface area contributed by atoms with Crippen LogP contribution in [-0.4, -0.2) is 33.7 Å². The summed E-state index contributed by atoms with van der Waals surface area (Å²) in [4.78, 5) is 42.6. The summed E-state index contributed by atoms with van der Waals surface area (Å²) in [6, 6.07) is 0. The van der Waals surface area contributed by atoms with Crippen LogP contribution in [0.2, 0.25) is 0 Å². The first-order valence-corrected chi connectivity index (χ1v) is 3.47. The molecule has 0 bridgehead atoms. The van der Waals surface area contributed by atoms with E-state index >= 15 is 0 Å². The molecule has 2 N–H and O–H groups in total. The monoisotopic (exact) mass is 186 g/mol. The molecular weight excluding hydrogens is 180 g/mol. The van der Waals surface area contributed by atoms with Crippen LogP contribution in [0.3, 0.4) is 0 Å². The van der Waals surface area contributed by atoms with Crippen LogP contribution >= 0.6 is 0 Å². The molecule has 0 aromatic heterocycles. The number of aliphatic carboxylic acids is 2. The number of hydrogen-bond donors (Lipinski definition) is 2. The van der Waals surface area contributed by atoms with E-state index in [9.17, 15) is 19.2 Å². The summed E-state index contributed by atoms with van der Waals surface area (Å²) in [7, 11) is 0. The molecule has 70 valence electrons. The van der Waals surface area contributed by atoms with Crippen LogP contribution in [0.1, 0.15) is 6.42 Å². The Labute approximate surface area is 72.2 Å². The number of carbonyl (C=O) groups is 4. The molecule has 6 heteroatoms. The fourth-order valence-electron chi connectivity index (χ4n) is 1.25. The second kappa shape index (κ2) is 2.96. The van der Waals surface area contributed by atoms with E-state index < -0.39 is 41.8 Å². The largest absolute Gasteiger partial charge is 0.481 e. The maximum absolute atomic E-state index is 11.0. The Morgan fingerprint density at radius 2 is 1.69 bits per heavy atom. The van der Waals surface area contributed by atoms with Crippen LogP contribution < -0.4 is 0 Å². The van der Waals surface area contributed by atoms with Crippen molar-refractivity contribution >= 4 is 23.5 Å². The van der Waals surface area contributed by atoms with Crippen molar-refractivity contribution in [2.45, 2.75) is 6.42 Å². The smallest absolute Gasteiger partial charge is 0.321 e. The highest BCUT2D eigenvalue weighted by Gasteiger charge is 2.48. The summed E-state index contributed by atoms with van der Waals surface area (Å²) in [6.07, 6.45) is -0.509. The first-order valence-electron chi connectivity index (χ1n) is 3.47. The molecular formula is C7H6O6. The molecule has 13 heavy (non-hydrogen) atoms. The van der Waals surface area contributed by atoms with E-state index in [1.54, 1.807) is 0 Å². The quantitative estimate of drug-likeness (QED) is 0.531. The zero-order valence-electron chi connectivity index (χ0n) is 6.39. The second-order valence-electron chi connectivity index (χ2n) is 2.73. The maximum Gasteiger partial charge on any atom is 0.321 e.